The topological polar surface area (TPSA) is 46.7 Å². The highest BCUT2D eigenvalue weighted by Crippen LogP contribution is 2.19. The maximum absolute atomic E-state index is 5.50. The van der Waals surface area contributed by atoms with E-state index in [1.54, 1.807) is 6.26 Å². The van der Waals surface area contributed by atoms with Crippen molar-refractivity contribution in [1.29, 1.82) is 0 Å². The van der Waals surface area contributed by atoms with Crippen molar-refractivity contribution in [1.82, 2.24) is 19.4 Å². The lowest BCUT2D eigenvalue weighted by Gasteiger charge is -2.29. The van der Waals surface area contributed by atoms with E-state index in [0.717, 1.165) is 63.9 Å². The summed E-state index contributed by atoms with van der Waals surface area (Å²) in [4.78, 5) is 9.63. The van der Waals surface area contributed by atoms with E-state index in [1.807, 2.05) is 12.1 Å². The number of hydrogen-bond donors (Lipinski definition) is 0. The monoisotopic (exact) mass is 330 g/mol. The van der Waals surface area contributed by atoms with Crippen LogP contribution in [0.3, 0.4) is 0 Å². The number of nitrogens with zero attached hydrogens (tertiary/aromatic N) is 4. The van der Waals surface area contributed by atoms with Crippen LogP contribution in [0.25, 0.3) is 0 Å². The van der Waals surface area contributed by atoms with Gasteiger partial charge in [-0.3, -0.25) is 9.80 Å². The Morgan fingerprint density at radius 1 is 1.33 bits per heavy atom. The molecule has 0 aromatic carbocycles. The van der Waals surface area contributed by atoms with Crippen molar-refractivity contribution in [2.24, 2.45) is 5.92 Å². The van der Waals surface area contributed by atoms with E-state index in [1.165, 1.54) is 12.2 Å². The van der Waals surface area contributed by atoms with E-state index in [2.05, 4.69) is 27.6 Å². The van der Waals surface area contributed by atoms with Gasteiger partial charge in [-0.15, -0.1) is 0 Å². The van der Waals surface area contributed by atoms with Crippen molar-refractivity contribution < 1.29 is 9.15 Å². The Hall–Kier alpha value is -1.63. The number of hydrogen-bond acceptors (Lipinski definition) is 5. The molecule has 6 heteroatoms. The summed E-state index contributed by atoms with van der Waals surface area (Å²) in [6.45, 7) is 7.76. The van der Waals surface area contributed by atoms with Crippen LogP contribution < -0.4 is 0 Å². The van der Waals surface area contributed by atoms with E-state index in [4.69, 9.17) is 14.1 Å². The largest absolute Gasteiger partial charge is 0.468 e. The molecule has 0 aliphatic carbocycles. The van der Waals surface area contributed by atoms with Gasteiger partial charge in [0, 0.05) is 39.0 Å². The average molecular weight is 330 g/mol. The van der Waals surface area contributed by atoms with Crippen LogP contribution in [0.4, 0.5) is 0 Å². The Balaban J connectivity index is 1.33. The lowest BCUT2D eigenvalue weighted by atomic mass is 10.1. The molecule has 4 rings (SSSR count). The van der Waals surface area contributed by atoms with Gasteiger partial charge in [0.15, 0.2) is 0 Å². The van der Waals surface area contributed by atoms with Gasteiger partial charge in [-0.05, 0) is 31.5 Å². The van der Waals surface area contributed by atoms with Gasteiger partial charge in [0.25, 0.3) is 0 Å². The molecule has 1 saturated heterocycles. The van der Waals surface area contributed by atoms with Crippen LogP contribution in [0.5, 0.6) is 0 Å². The van der Waals surface area contributed by atoms with E-state index >= 15 is 0 Å². The number of fused-ring (bicyclic) bond motifs is 1. The molecule has 1 unspecified atom stereocenters. The average Bonchev–Trinajstić information content (AvgIpc) is 3.28. The molecule has 1 fully saturated rings. The predicted molar refractivity (Wildman–Crippen MR) is 90.3 cm³/mol. The van der Waals surface area contributed by atoms with Crippen LogP contribution in [0.2, 0.25) is 0 Å². The summed E-state index contributed by atoms with van der Waals surface area (Å²) in [5.41, 5.74) is 1.14. The Morgan fingerprint density at radius 2 is 2.29 bits per heavy atom. The highest BCUT2D eigenvalue weighted by atomic mass is 16.5. The van der Waals surface area contributed by atoms with Crippen LogP contribution in [0, 0.1) is 5.92 Å². The Bertz CT molecular complexity index is 646. The molecule has 0 spiro atoms. The van der Waals surface area contributed by atoms with Gasteiger partial charge in [0.05, 0.1) is 31.7 Å². The van der Waals surface area contributed by atoms with Crippen molar-refractivity contribution in [2.45, 2.75) is 32.6 Å². The molecule has 6 nitrogen and oxygen atoms in total. The van der Waals surface area contributed by atoms with Crippen LogP contribution >= 0.6 is 0 Å². The molecule has 0 bridgehead atoms. The molecule has 1 atom stereocenters. The number of aromatic nitrogens is 2. The molecule has 2 aromatic rings. The number of imidazole rings is 1. The zero-order chi connectivity index (χ0) is 16.4. The van der Waals surface area contributed by atoms with Crippen LogP contribution in [-0.2, 0) is 30.9 Å². The molecule has 0 saturated carbocycles. The van der Waals surface area contributed by atoms with E-state index in [-0.39, 0.29) is 0 Å². The summed E-state index contributed by atoms with van der Waals surface area (Å²) in [5, 5.41) is 0. The maximum atomic E-state index is 5.50. The summed E-state index contributed by atoms with van der Waals surface area (Å²) in [7, 11) is 2.10. The summed E-state index contributed by atoms with van der Waals surface area (Å²) < 4.78 is 13.2. The molecule has 2 aliphatic rings. The number of ether oxygens (including phenoxy) is 1. The quantitative estimate of drug-likeness (QED) is 0.810. The first kappa shape index (κ1) is 15.9. The standard InChI is InChI=1S/C18H26N4O2/c1-20(12-17-3-2-7-24-17)10-16-11-22-6-5-21(13-18(22)19-16)9-15-4-8-23-14-15/h2-3,7,11,15H,4-6,8-10,12-14H2,1H3. The zero-order valence-electron chi connectivity index (χ0n) is 14.4. The van der Waals surface area contributed by atoms with Crippen LogP contribution in [0.15, 0.2) is 29.0 Å². The first-order valence-electron chi connectivity index (χ1n) is 8.82. The summed E-state index contributed by atoms with van der Waals surface area (Å²) >= 11 is 0. The molecule has 0 N–H and O–H groups in total. The second-order valence-corrected chi connectivity index (χ2v) is 7.06. The molecule has 130 valence electrons. The van der Waals surface area contributed by atoms with Gasteiger partial charge in [-0.25, -0.2) is 4.98 Å². The van der Waals surface area contributed by atoms with Crippen molar-refractivity contribution in [3.05, 3.63) is 41.9 Å². The second-order valence-electron chi connectivity index (χ2n) is 7.06. The van der Waals surface area contributed by atoms with Crippen molar-refractivity contribution in [3.8, 4) is 0 Å². The third-order valence-electron chi connectivity index (χ3n) is 4.91. The minimum absolute atomic E-state index is 0.699. The lowest BCUT2D eigenvalue weighted by Crippen LogP contribution is -2.37. The van der Waals surface area contributed by atoms with Crippen LogP contribution in [-0.4, -0.2) is 52.7 Å². The zero-order valence-corrected chi connectivity index (χ0v) is 14.4. The molecule has 0 amide bonds. The van der Waals surface area contributed by atoms with Gasteiger partial charge in [0.1, 0.15) is 11.6 Å². The highest BCUT2D eigenvalue weighted by molar-refractivity contribution is 5.07. The Morgan fingerprint density at radius 3 is 3.08 bits per heavy atom. The minimum Gasteiger partial charge on any atom is -0.468 e. The Labute approximate surface area is 143 Å². The highest BCUT2D eigenvalue weighted by Gasteiger charge is 2.23. The van der Waals surface area contributed by atoms with E-state index in [9.17, 15) is 0 Å². The molecule has 24 heavy (non-hydrogen) atoms. The first-order valence-corrected chi connectivity index (χ1v) is 8.82. The predicted octanol–water partition coefficient (Wildman–Crippen LogP) is 1.96. The normalized spacial score (nSPS) is 21.5. The molecular formula is C18H26N4O2. The van der Waals surface area contributed by atoms with Gasteiger partial charge in [0.2, 0.25) is 0 Å². The molecule has 0 radical (unpaired) electrons. The van der Waals surface area contributed by atoms with Crippen LogP contribution in [0.1, 0.15) is 23.7 Å². The summed E-state index contributed by atoms with van der Waals surface area (Å²) in [6, 6.07) is 3.95. The minimum atomic E-state index is 0.699. The number of rotatable bonds is 6. The smallest absolute Gasteiger partial charge is 0.123 e. The van der Waals surface area contributed by atoms with Crippen molar-refractivity contribution in [2.75, 3.05) is 33.4 Å². The SMILES string of the molecule is CN(Cc1cn2c(n1)CN(CC1CCOC1)CC2)Cc1ccco1. The third-order valence-corrected chi connectivity index (χ3v) is 4.91. The lowest BCUT2D eigenvalue weighted by molar-refractivity contribution is 0.152. The summed E-state index contributed by atoms with van der Waals surface area (Å²) in [5.74, 6) is 2.89. The molecule has 4 heterocycles. The maximum Gasteiger partial charge on any atom is 0.123 e. The van der Waals surface area contributed by atoms with E-state index < -0.39 is 0 Å². The van der Waals surface area contributed by atoms with Gasteiger partial charge in [-0.1, -0.05) is 0 Å². The third kappa shape index (κ3) is 3.71. The summed E-state index contributed by atoms with van der Waals surface area (Å²) in [6.07, 6.45) is 5.14. The fraction of sp³-hybridized carbons (Fsp3) is 0.611. The number of furan rings is 1. The van der Waals surface area contributed by atoms with Crippen molar-refractivity contribution in [3.63, 3.8) is 0 Å². The fourth-order valence-electron chi connectivity index (χ4n) is 3.69. The van der Waals surface area contributed by atoms with Gasteiger partial charge in [-0.2, -0.15) is 0 Å². The fourth-order valence-corrected chi connectivity index (χ4v) is 3.69. The van der Waals surface area contributed by atoms with E-state index in [0.29, 0.717) is 5.92 Å². The Kier molecular flexibility index (Phi) is 4.69. The molecule has 2 aromatic heterocycles. The molecule has 2 aliphatic heterocycles. The second kappa shape index (κ2) is 7.09. The van der Waals surface area contributed by atoms with Gasteiger partial charge >= 0.3 is 0 Å². The molecular weight excluding hydrogens is 304 g/mol. The first-order chi connectivity index (χ1) is 11.8. The van der Waals surface area contributed by atoms with Crippen molar-refractivity contribution >= 4 is 0 Å². The van der Waals surface area contributed by atoms with Gasteiger partial charge < -0.3 is 13.7 Å².